The van der Waals surface area contributed by atoms with Gasteiger partial charge in [-0.2, -0.15) is 0 Å². The van der Waals surface area contributed by atoms with Gasteiger partial charge in [-0.25, -0.2) is 4.79 Å². The van der Waals surface area contributed by atoms with E-state index >= 15 is 0 Å². The van der Waals surface area contributed by atoms with Gasteiger partial charge >= 0.3 is 5.69 Å². The highest BCUT2D eigenvalue weighted by Crippen LogP contribution is 2.10. The van der Waals surface area contributed by atoms with Gasteiger partial charge in [-0.15, -0.1) is 0 Å². The molecule has 1 aromatic heterocycles. The summed E-state index contributed by atoms with van der Waals surface area (Å²) in [6.45, 7) is 2.56. The number of hydrogen-bond donors (Lipinski definition) is 3. The number of rotatable bonds is 5. The van der Waals surface area contributed by atoms with E-state index in [4.69, 9.17) is 17.2 Å². The molecule has 0 radical (unpaired) electrons. The Labute approximate surface area is 128 Å². The molecule has 0 saturated heterocycles. The standard InChI is InChI=1S/C15H21N5O2/c1-2-8-20-14(21)12(17)13(18)19(15(20)22)9-7-10-3-5-11(16)6-4-10/h3-6H,2,7-9,16-18H2,1H3. The normalized spacial score (nSPS) is 10.8. The predicted molar refractivity (Wildman–Crippen MR) is 88.6 cm³/mol. The molecular formula is C15H21N5O2. The van der Waals surface area contributed by atoms with Gasteiger partial charge in [0.2, 0.25) is 0 Å². The van der Waals surface area contributed by atoms with Crippen LogP contribution in [-0.4, -0.2) is 9.13 Å². The zero-order valence-corrected chi connectivity index (χ0v) is 12.6. The van der Waals surface area contributed by atoms with E-state index in [1.165, 1.54) is 4.57 Å². The monoisotopic (exact) mass is 303 g/mol. The number of anilines is 3. The van der Waals surface area contributed by atoms with Gasteiger partial charge in [0.15, 0.2) is 0 Å². The smallest absolute Gasteiger partial charge is 0.332 e. The Kier molecular flexibility index (Phi) is 4.55. The average Bonchev–Trinajstić information content (AvgIpc) is 2.51. The van der Waals surface area contributed by atoms with Crippen LogP contribution in [0.15, 0.2) is 33.9 Å². The minimum Gasteiger partial charge on any atom is -0.399 e. The topological polar surface area (TPSA) is 122 Å². The van der Waals surface area contributed by atoms with Crippen molar-refractivity contribution in [2.24, 2.45) is 0 Å². The second-order valence-electron chi connectivity index (χ2n) is 5.18. The number of hydrogen-bond acceptors (Lipinski definition) is 5. The van der Waals surface area contributed by atoms with Crippen molar-refractivity contribution >= 4 is 17.2 Å². The summed E-state index contributed by atoms with van der Waals surface area (Å²) >= 11 is 0. The molecule has 22 heavy (non-hydrogen) atoms. The first-order valence-electron chi connectivity index (χ1n) is 7.18. The van der Waals surface area contributed by atoms with Gasteiger partial charge < -0.3 is 17.2 Å². The quantitative estimate of drug-likeness (QED) is 0.690. The van der Waals surface area contributed by atoms with Crippen LogP contribution >= 0.6 is 0 Å². The van der Waals surface area contributed by atoms with E-state index in [9.17, 15) is 9.59 Å². The minimum atomic E-state index is -0.520. The molecule has 0 amide bonds. The molecule has 1 aromatic carbocycles. The minimum absolute atomic E-state index is 0.0257. The Morgan fingerprint density at radius 1 is 0.955 bits per heavy atom. The maximum absolute atomic E-state index is 12.4. The zero-order chi connectivity index (χ0) is 16.3. The molecule has 0 atom stereocenters. The molecule has 6 N–H and O–H groups in total. The van der Waals surface area contributed by atoms with Crippen molar-refractivity contribution in [2.45, 2.75) is 32.9 Å². The van der Waals surface area contributed by atoms with Crippen LogP contribution in [0.2, 0.25) is 0 Å². The molecular weight excluding hydrogens is 282 g/mol. The molecule has 118 valence electrons. The van der Waals surface area contributed by atoms with Gasteiger partial charge in [0.05, 0.1) is 0 Å². The van der Waals surface area contributed by atoms with Crippen LogP contribution in [0.25, 0.3) is 0 Å². The maximum atomic E-state index is 12.4. The average molecular weight is 303 g/mol. The molecule has 1 heterocycles. The SMILES string of the molecule is CCCn1c(=O)c(N)c(N)n(CCc2ccc(N)cc2)c1=O. The molecule has 7 heteroatoms. The largest absolute Gasteiger partial charge is 0.399 e. The lowest BCUT2D eigenvalue weighted by Crippen LogP contribution is -2.42. The molecule has 0 bridgehead atoms. The zero-order valence-electron chi connectivity index (χ0n) is 12.6. The second-order valence-corrected chi connectivity index (χ2v) is 5.18. The summed E-state index contributed by atoms with van der Waals surface area (Å²) in [5.74, 6) is 0.0257. The van der Waals surface area contributed by atoms with Crippen molar-refractivity contribution in [3.63, 3.8) is 0 Å². The van der Waals surface area contributed by atoms with Gasteiger partial charge in [0, 0.05) is 18.8 Å². The molecule has 0 spiro atoms. The van der Waals surface area contributed by atoms with Crippen LogP contribution in [0, 0.1) is 0 Å². The third-order valence-electron chi connectivity index (χ3n) is 3.56. The first-order chi connectivity index (χ1) is 10.5. The fourth-order valence-electron chi connectivity index (χ4n) is 2.30. The molecule has 2 aromatic rings. The Morgan fingerprint density at radius 3 is 2.18 bits per heavy atom. The van der Waals surface area contributed by atoms with Crippen molar-refractivity contribution in [1.82, 2.24) is 9.13 Å². The first-order valence-corrected chi connectivity index (χ1v) is 7.18. The Bertz CT molecular complexity index is 774. The Hall–Kier alpha value is -2.70. The molecule has 0 aliphatic heterocycles. The van der Waals surface area contributed by atoms with E-state index in [0.29, 0.717) is 31.6 Å². The highest BCUT2D eigenvalue weighted by molar-refractivity contribution is 5.56. The number of aryl methyl sites for hydroxylation is 1. The van der Waals surface area contributed by atoms with E-state index in [1.54, 1.807) is 12.1 Å². The maximum Gasteiger partial charge on any atom is 0.332 e. The number of benzene rings is 1. The summed E-state index contributed by atoms with van der Waals surface area (Å²) in [7, 11) is 0. The number of aromatic nitrogens is 2. The molecule has 7 nitrogen and oxygen atoms in total. The fourth-order valence-corrected chi connectivity index (χ4v) is 2.30. The van der Waals surface area contributed by atoms with E-state index in [2.05, 4.69) is 0 Å². The lowest BCUT2D eigenvalue weighted by Gasteiger charge is -2.14. The van der Waals surface area contributed by atoms with Gasteiger partial charge in [0.25, 0.3) is 5.56 Å². The van der Waals surface area contributed by atoms with Crippen molar-refractivity contribution in [1.29, 1.82) is 0 Å². The van der Waals surface area contributed by atoms with Gasteiger partial charge in [0.1, 0.15) is 11.5 Å². The van der Waals surface area contributed by atoms with Crippen LogP contribution in [0.3, 0.4) is 0 Å². The molecule has 2 rings (SSSR count). The van der Waals surface area contributed by atoms with Crippen LogP contribution in [0.1, 0.15) is 18.9 Å². The third-order valence-corrected chi connectivity index (χ3v) is 3.56. The van der Waals surface area contributed by atoms with Crippen LogP contribution in [0.5, 0.6) is 0 Å². The van der Waals surface area contributed by atoms with Crippen LogP contribution in [0.4, 0.5) is 17.2 Å². The van der Waals surface area contributed by atoms with Gasteiger partial charge in [-0.1, -0.05) is 19.1 Å². The Balaban J connectivity index is 2.36. The molecule has 0 fully saturated rings. The predicted octanol–water partition coefficient (Wildman–Crippen LogP) is 0.409. The number of nitrogens with zero attached hydrogens (tertiary/aromatic N) is 2. The number of nitrogens with two attached hydrogens (primary N) is 3. The molecule has 0 aliphatic carbocycles. The van der Waals surface area contributed by atoms with Crippen molar-refractivity contribution < 1.29 is 0 Å². The van der Waals surface area contributed by atoms with E-state index in [0.717, 1.165) is 10.1 Å². The molecule has 0 saturated carbocycles. The van der Waals surface area contributed by atoms with E-state index in [-0.39, 0.29) is 11.5 Å². The van der Waals surface area contributed by atoms with Gasteiger partial charge in [-0.3, -0.25) is 13.9 Å². The fraction of sp³-hybridized carbons (Fsp3) is 0.333. The summed E-state index contributed by atoms with van der Waals surface area (Å²) in [6.07, 6.45) is 1.25. The summed E-state index contributed by atoms with van der Waals surface area (Å²) in [5, 5.41) is 0. The van der Waals surface area contributed by atoms with Crippen molar-refractivity contribution in [3.8, 4) is 0 Å². The van der Waals surface area contributed by atoms with Crippen molar-refractivity contribution in [2.75, 3.05) is 17.2 Å². The second kappa shape index (κ2) is 6.38. The summed E-state index contributed by atoms with van der Waals surface area (Å²) in [4.78, 5) is 24.4. The summed E-state index contributed by atoms with van der Waals surface area (Å²) in [5.41, 5.74) is 17.9. The lowest BCUT2D eigenvalue weighted by molar-refractivity contribution is 0.553. The summed E-state index contributed by atoms with van der Waals surface area (Å²) < 4.78 is 2.48. The Morgan fingerprint density at radius 2 is 1.59 bits per heavy atom. The molecule has 0 unspecified atom stereocenters. The van der Waals surface area contributed by atoms with E-state index < -0.39 is 11.2 Å². The summed E-state index contributed by atoms with van der Waals surface area (Å²) in [6, 6.07) is 7.38. The van der Waals surface area contributed by atoms with E-state index in [1.807, 2.05) is 19.1 Å². The van der Waals surface area contributed by atoms with Crippen LogP contribution in [-0.2, 0) is 19.5 Å². The molecule has 0 aliphatic rings. The van der Waals surface area contributed by atoms with Crippen LogP contribution < -0.4 is 28.5 Å². The highest BCUT2D eigenvalue weighted by atomic mass is 16.2. The number of nitrogen functional groups attached to an aromatic ring is 3. The van der Waals surface area contributed by atoms with Crippen molar-refractivity contribution in [3.05, 3.63) is 50.7 Å². The first kappa shape index (κ1) is 15.7. The third kappa shape index (κ3) is 2.98. The van der Waals surface area contributed by atoms with Gasteiger partial charge in [-0.05, 0) is 30.5 Å². The highest BCUT2D eigenvalue weighted by Gasteiger charge is 2.14. The lowest BCUT2D eigenvalue weighted by atomic mass is 10.1.